The topological polar surface area (TPSA) is 46.9 Å². The Hall–Kier alpha value is -1.53. The van der Waals surface area contributed by atoms with E-state index in [9.17, 15) is 18.0 Å². The van der Waals surface area contributed by atoms with Crippen molar-refractivity contribution < 1.29 is 18.0 Å². The van der Waals surface area contributed by atoms with Crippen molar-refractivity contribution in [2.75, 3.05) is 0 Å². The predicted molar refractivity (Wildman–Crippen MR) is 59.7 cm³/mol. The lowest BCUT2D eigenvalue weighted by Gasteiger charge is -2.17. The van der Waals surface area contributed by atoms with Crippen molar-refractivity contribution in [2.45, 2.75) is 39.5 Å². The molecule has 1 aromatic rings. The van der Waals surface area contributed by atoms with Crippen LogP contribution in [0.25, 0.3) is 0 Å². The van der Waals surface area contributed by atoms with Crippen LogP contribution in [0.2, 0.25) is 0 Å². The molecule has 1 heterocycles. The van der Waals surface area contributed by atoms with Crippen molar-refractivity contribution in [2.24, 2.45) is 5.92 Å². The molecule has 18 heavy (non-hydrogen) atoms. The molecule has 0 aliphatic heterocycles. The number of carbonyl (C=O) groups is 1. The molecule has 1 amide bonds. The number of hydrogen-bond acceptors (Lipinski definition) is 2. The summed E-state index contributed by atoms with van der Waals surface area (Å²) < 4.78 is 37.8. The molecule has 7 heteroatoms. The Kier molecular flexibility index (Phi) is 4.37. The predicted octanol–water partition coefficient (Wildman–Crippen LogP) is 2.06. The van der Waals surface area contributed by atoms with Gasteiger partial charge in [-0.2, -0.15) is 18.3 Å². The van der Waals surface area contributed by atoms with Gasteiger partial charge in [0.1, 0.15) is 6.54 Å². The van der Waals surface area contributed by atoms with E-state index >= 15 is 0 Å². The first-order valence-corrected chi connectivity index (χ1v) is 5.60. The van der Waals surface area contributed by atoms with Crippen LogP contribution in [-0.4, -0.2) is 21.7 Å². The quantitative estimate of drug-likeness (QED) is 0.903. The van der Waals surface area contributed by atoms with Crippen LogP contribution in [0.15, 0.2) is 12.3 Å². The molecule has 0 aliphatic rings. The lowest BCUT2D eigenvalue weighted by atomic mass is 10.1. The summed E-state index contributed by atoms with van der Waals surface area (Å²) in [5.74, 6) is -0.0923. The molecule has 1 atom stereocenters. The maximum Gasteiger partial charge on any atom is 0.435 e. The summed E-state index contributed by atoms with van der Waals surface area (Å²) in [7, 11) is 0. The summed E-state index contributed by atoms with van der Waals surface area (Å²) in [5.41, 5.74) is -0.993. The maximum absolute atomic E-state index is 12.3. The number of alkyl halides is 3. The Morgan fingerprint density at radius 2 is 2.06 bits per heavy atom. The van der Waals surface area contributed by atoms with Gasteiger partial charge in [-0.25, -0.2) is 0 Å². The molecule has 0 aromatic carbocycles. The van der Waals surface area contributed by atoms with E-state index in [1.807, 2.05) is 20.8 Å². The molecule has 102 valence electrons. The number of carbonyl (C=O) groups excluding carboxylic acids is 1. The largest absolute Gasteiger partial charge is 0.435 e. The second-order valence-electron chi connectivity index (χ2n) is 4.50. The third-order valence-corrected chi connectivity index (χ3v) is 2.63. The van der Waals surface area contributed by atoms with Crippen molar-refractivity contribution >= 4 is 5.91 Å². The van der Waals surface area contributed by atoms with E-state index in [4.69, 9.17) is 0 Å². The van der Waals surface area contributed by atoms with Crippen molar-refractivity contribution in [3.05, 3.63) is 18.0 Å². The van der Waals surface area contributed by atoms with Crippen molar-refractivity contribution in [3.8, 4) is 0 Å². The number of hydrogen-bond donors (Lipinski definition) is 1. The molecule has 0 aliphatic carbocycles. The Morgan fingerprint density at radius 3 is 2.50 bits per heavy atom. The molecule has 0 spiro atoms. The zero-order valence-electron chi connectivity index (χ0n) is 10.5. The lowest BCUT2D eigenvalue weighted by Crippen LogP contribution is -2.38. The van der Waals surface area contributed by atoms with Crippen LogP contribution in [0.4, 0.5) is 13.2 Å². The van der Waals surface area contributed by atoms with Crippen LogP contribution >= 0.6 is 0 Å². The first-order chi connectivity index (χ1) is 8.20. The monoisotopic (exact) mass is 263 g/mol. The van der Waals surface area contributed by atoms with E-state index < -0.39 is 11.9 Å². The SMILES string of the molecule is CC(C)C(C)NC(=O)Cn1ccc(C(F)(F)F)n1. The highest BCUT2D eigenvalue weighted by Crippen LogP contribution is 2.27. The molecule has 1 N–H and O–H groups in total. The van der Waals surface area contributed by atoms with Gasteiger partial charge in [0.05, 0.1) is 0 Å². The molecule has 1 aromatic heterocycles. The van der Waals surface area contributed by atoms with Gasteiger partial charge in [-0.3, -0.25) is 9.48 Å². The normalized spacial score (nSPS) is 13.7. The molecular weight excluding hydrogens is 247 g/mol. The fraction of sp³-hybridized carbons (Fsp3) is 0.636. The van der Waals surface area contributed by atoms with Gasteiger partial charge in [-0.05, 0) is 18.9 Å². The molecular formula is C11H16F3N3O. The standard InChI is InChI=1S/C11H16F3N3O/c1-7(2)8(3)15-10(18)6-17-5-4-9(16-17)11(12,13)14/h4-5,7-8H,6H2,1-3H3,(H,15,18). The second kappa shape index (κ2) is 5.41. The van der Waals surface area contributed by atoms with Gasteiger partial charge < -0.3 is 5.32 Å². The van der Waals surface area contributed by atoms with Crippen molar-refractivity contribution in [3.63, 3.8) is 0 Å². The molecule has 4 nitrogen and oxygen atoms in total. The highest BCUT2D eigenvalue weighted by atomic mass is 19.4. The van der Waals surface area contributed by atoms with E-state index in [0.29, 0.717) is 0 Å². The van der Waals surface area contributed by atoms with Gasteiger partial charge in [0.25, 0.3) is 0 Å². The smallest absolute Gasteiger partial charge is 0.352 e. The number of halogens is 3. The fourth-order valence-corrected chi connectivity index (χ4v) is 1.21. The number of nitrogens with one attached hydrogen (secondary N) is 1. The molecule has 0 saturated heterocycles. The summed E-state index contributed by atoms with van der Waals surface area (Å²) in [4.78, 5) is 11.5. The summed E-state index contributed by atoms with van der Waals surface area (Å²) in [6.07, 6.45) is -3.34. The molecule has 1 rings (SSSR count). The van der Waals surface area contributed by atoms with Gasteiger partial charge in [-0.15, -0.1) is 0 Å². The van der Waals surface area contributed by atoms with Crippen LogP contribution in [-0.2, 0) is 17.5 Å². The number of amides is 1. The van der Waals surface area contributed by atoms with Crippen molar-refractivity contribution in [1.29, 1.82) is 0 Å². The highest BCUT2D eigenvalue weighted by Gasteiger charge is 2.33. The average Bonchev–Trinajstić information content (AvgIpc) is 2.64. The zero-order valence-corrected chi connectivity index (χ0v) is 10.5. The van der Waals surface area contributed by atoms with Crippen molar-refractivity contribution in [1.82, 2.24) is 15.1 Å². The minimum absolute atomic E-state index is 0.0323. The summed E-state index contributed by atoms with van der Waals surface area (Å²) in [5, 5.41) is 6.00. The fourth-order valence-electron chi connectivity index (χ4n) is 1.21. The van der Waals surface area contributed by atoms with Gasteiger partial charge in [-0.1, -0.05) is 13.8 Å². The minimum Gasteiger partial charge on any atom is -0.352 e. The zero-order chi connectivity index (χ0) is 13.9. The molecule has 0 radical (unpaired) electrons. The first kappa shape index (κ1) is 14.5. The second-order valence-corrected chi connectivity index (χ2v) is 4.50. The number of nitrogens with zero attached hydrogens (tertiary/aromatic N) is 2. The van der Waals surface area contributed by atoms with Gasteiger partial charge >= 0.3 is 6.18 Å². The van der Waals surface area contributed by atoms with E-state index in [1.165, 1.54) is 0 Å². The van der Waals surface area contributed by atoms with E-state index in [2.05, 4.69) is 10.4 Å². The summed E-state index contributed by atoms with van der Waals surface area (Å²) in [6.45, 7) is 5.52. The van der Waals surface area contributed by atoms with Crippen LogP contribution in [0.5, 0.6) is 0 Å². The molecule has 0 saturated carbocycles. The average molecular weight is 263 g/mol. The minimum atomic E-state index is -4.48. The Morgan fingerprint density at radius 1 is 1.44 bits per heavy atom. The van der Waals surface area contributed by atoms with Crippen LogP contribution < -0.4 is 5.32 Å². The molecule has 1 unspecified atom stereocenters. The van der Waals surface area contributed by atoms with E-state index in [0.717, 1.165) is 16.9 Å². The molecule has 0 fully saturated rings. The molecule has 0 bridgehead atoms. The number of aromatic nitrogens is 2. The Balaban J connectivity index is 2.58. The first-order valence-electron chi connectivity index (χ1n) is 5.60. The van der Waals surface area contributed by atoms with Gasteiger partial charge in [0.2, 0.25) is 5.91 Å². The van der Waals surface area contributed by atoms with Crippen LogP contribution in [0.1, 0.15) is 26.5 Å². The van der Waals surface area contributed by atoms with E-state index in [-0.39, 0.29) is 24.4 Å². The Labute approximate surface area is 103 Å². The maximum atomic E-state index is 12.3. The van der Waals surface area contributed by atoms with Gasteiger partial charge in [0.15, 0.2) is 5.69 Å². The van der Waals surface area contributed by atoms with Gasteiger partial charge in [0, 0.05) is 12.2 Å². The summed E-state index contributed by atoms with van der Waals surface area (Å²) in [6, 6.07) is 0.814. The lowest BCUT2D eigenvalue weighted by molar-refractivity contribution is -0.141. The van der Waals surface area contributed by atoms with Crippen LogP contribution in [0, 0.1) is 5.92 Å². The van der Waals surface area contributed by atoms with E-state index in [1.54, 1.807) is 0 Å². The summed E-state index contributed by atoms with van der Waals surface area (Å²) >= 11 is 0. The number of rotatable bonds is 4. The Bertz CT molecular complexity index is 412. The highest BCUT2D eigenvalue weighted by molar-refractivity contribution is 5.75. The third kappa shape index (κ3) is 4.05. The van der Waals surface area contributed by atoms with Crippen LogP contribution in [0.3, 0.4) is 0 Å². The third-order valence-electron chi connectivity index (χ3n) is 2.63.